The summed E-state index contributed by atoms with van der Waals surface area (Å²) in [7, 11) is 0. The van der Waals surface area contributed by atoms with E-state index in [0.29, 0.717) is 5.41 Å². The van der Waals surface area contributed by atoms with Crippen LogP contribution in [-0.4, -0.2) is 11.1 Å². The summed E-state index contributed by atoms with van der Waals surface area (Å²) in [6, 6.07) is 0. The van der Waals surface area contributed by atoms with E-state index in [-0.39, 0.29) is 5.41 Å². The van der Waals surface area contributed by atoms with Crippen molar-refractivity contribution in [3.05, 3.63) is 0 Å². The summed E-state index contributed by atoms with van der Waals surface area (Å²) in [6.45, 7) is 4.60. The van der Waals surface area contributed by atoms with Crippen molar-refractivity contribution in [2.45, 2.75) is 168 Å². The largest absolute Gasteiger partial charge is 0.481 e. The molecule has 0 saturated heterocycles. The van der Waals surface area contributed by atoms with E-state index in [2.05, 4.69) is 13.8 Å². The van der Waals surface area contributed by atoms with Crippen molar-refractivity contribution in [1.29, 1.82) is 0 Å². The number of carboxylic acids is 1. The van der Waals surface area contributed by atoms with Crippen LogP contribution in [0, 0.1) is 22.2 Å². The molecule has 0 amide bonds. The third-order valence-corrected chi connectivity index (χ3v) is 10.8. The molecule has 0 aromatic carbocycles. The van der Waals surface area contributed by atoms with E-state index in [1.54, 1.807) is 0 Å². The number of carbonyl (C=O) groups is 1. The average Bonchev–Trinajstić information content (AvgIpc) is 2.86. The van der Waals surface area contributed by atoms with Crippen molar-refractivity contribution in [2.75, 3.05) is 0 Å². The van der Waals surface area contributed by atoms with Gasteiger partial charge in [0.15, 0.2) is 0 Å². The molecule has 3 aliphatic carbocycles. The third-order valence-electron chi connectivity index (χ3n) is 10.8. The van der Waals surface area contributed by atoms with Gasteiger partial charge in [0.25, 0.3) is 0 Å². The molecule has 0 radical (unpaired) electrons. The molecule has 0 atom stereocenters. The lowest BCUT2D eigenvalue weighted by atomic mass is 9.46. The van der Waals surface area contributed by atoms with Crippen LogP contribution >= 0.6 is 0 Å². The van der Waals surface area contributed by atoms with Gasteiger partial charge in [-0.05, 0) is 81.0 Å². The maximum Gasteiger partial charge on any atom is 0.310 e. The van der Waals surface area contributed by atoms with Crippen molar-refractivity contribution in [2.24, 2.45) is 22.2 Å². The fourth-order valence-electron chi connectivity index (χ4n) is 8.69. The van der Waals surface area contributed by atoms with E-state index in [1.165, 1.54) is 128 Å². The molecular formula is C31H56O2. The number of rotatable bonds is 13. The van der Waals surface area contributed by atoms with E-state index < -0.39 is 11.4 Å². The summed E-state index contributed by atoms with van der Waals surface area (Å²) in [6.07, 6.45) is 30.9. The Morgan fingerprint density at radius 1 is 0.667 bits per heavy atom. The van der Waals surface area contributed by atoms with Gasteiger partial charge in [-0.15, -0.1) is 0 Å². The normalized spacial score (nSPS) is 30.8. The Bertz CT molecular complexity index is 559. The van der Waals surface area contributed by atoms with Crippen LogP contribution in [0.1, 0.15) is 168 Å². The highest BCUT2D eigenvalue weighted by Crippen LogP contribution is 2.64. The summed E-state index contributed by atoms with van der Waals surface area (Å²) in [4.78, 5) is 12.9. The standard InChI is InChI=1S/C31H56O2/c1-3-5-7-8-14-19-29(27-17-11-9-12-18-27)23-25-30(26-24-29,20-13-6-4-2)31(28(32)33)21-15-10-16-22-31/h27H,3-26H2,1-2H3,(H,32,33). The highest BCUT2D eigenvalue weighted by molar-refractivity contribution is 5.76. The lowest BCUT2D eigenvalue weighted by Crippen LogP contribution is -2.53. The van der Waals surface area contributed by atoms with E-state index in [1.807, 2.05) is 0 Å². The van der Waals surface area contributed by atoms with Crippen LogP contribution in [0.25, 0.3) is 0 Å². The second-order valence-corrected chi connectivity index (χ2v) is 12.5. The van der Waals surface area contributed by atoms with E-state index >= 15 is 0 Å². The predicted octanol–water partition coefficient (Wildman–Crippen LogP) is 10.1. The quantitative estimate of drug-likeness (QED) is 0.277. The first kappa shape index (κ1) is 27.1. The highest BCUT2D eigenvalue weighted by atomic mass is 16.4. The zero-order valence-electron chi connectivity index (χ0n) is 22.4. The molecule has 2 heteroatoms. The van der Waals surface area contributed by atoms with E-state index in [0.717, 1.165) is 31.6 Å². The van der Waals surface area contributed by atoms with Gasteiger partial charge in [-0.3, -0.25) is 4.79 Å². The van der Waals surface area contributed by atoms with E-state index in [4.69, 9.17) is 0 Å². The van der Waals surface area contributed by atoms with Crippen LogP contribution in [-0.2, 0) is 4.79 Å². The molecule has 0 aromatic heterocycles. The molecule has 0 bridgehead atoms. The van der Waals surface area contributed by atoms with Crippen molar-refractivity contribution >= 4 is 5.97 Å². The fraction of sp³-hybridized carbons (Fsp3) is 0.968. The van der Waals surface area contributed by atoms with Crippen LogP contribution < -0.4 is 0 Å². The van der Waals surface area contributed by atoms with Crippen LogP contribution in [0.2, 0.25) is 0 Å². The topological polar surface area (TPSA) is 37.3 Å². The third kappa shape index (κ3) is 6.19. The summed E-state index contributed by atoms with van der Waals surface area (Å²) in [5.41, 5.74) is 0.156. The van der Waals surface area contributed by atoms with Gasteiger partial charge in [-0.1, -0.05) is 104 Å². The molecular weight excluding hydrogens is 404 g/mol. The number of aliphatic carboxylic acids is 1. The van der Waals surface area contributed by atoms with Gasteiger partial charge in [0.05, 0.1) is 5.41 Å². The molecule has 33 heavy (non-hydrogen) atoms. The summed E-state index contributed by atoms with van der Waals surface area (Å²) >= 11 is 0. The second kappa shape index (κ2) is 13.0. The van der Waals surface area contributed by atoms with Crippen LogP contribution in [0.5, 0.6) is 0 Å². The van der Waals surface area contributed by atoms with Gasteiger partial charge in [-0.25, -0.2) is 0 Å². The Morgan fingerprint density at radius 2 is 1.21 bits per heavy atom. The zero-order valence-corrected chi connectivity index (χ0v) is 22.4. The van der Waals surface area contributed by atoms with Gasteiger partial charge in [0.1, 0.15) is 0 Å². The number of hydrogen-bond donors (Lipinski definition) is 1. The number of hydrogen-bond acceptors (Lipinski definition) is 1. The smallest absolute Gasteiger partial charge is 0.310 e. The van der Waals surface area contributed by atoms with Gasteiger partial charge in [0.2, 0.25) is 0 Å². The lowest BCUT2D eigenvalue weighted by molar-refractivity contribution is -0.171. The van der Waals surface area contributed by atoms with Gasteiger partial charge in [0, 0.05) is 0 Å². The summed E-state index contributed by atoms with van der Waals surface area (Å²) in [5, 5.41) is 10.7. The van der Waals surface area contributed by atoms with Crippen molar-refractivity contribution in [1.82, 2.24) is 0 Å². The molecule has 0 spiro atoms. The second-order valence-electron chi connectivity index (χ2n) is 12.5. The molecule has 192 valence electrons. The molecule has 3 fully saturated rings. The minimum Gasteiger partial charge on any atom is -0.481 e. The van der Waals surface area contributed by atoms with Crippen LogP contribution in [0.15, 0.2) is 0 Å². The Hall–Kier alpha value is -0.530. The molecule has 0 aromatic rings. The first-order chi connectivity index (χ1) is 16.0. The lowest BCUT2D eigenvalue weighted by Gasteiger charge is -2.58. The maximum absolute atomic E-state index is 12.9. The molecule has 0 heterocycles. The first-order valence-electron chi connectivity index (χ1n) is 15.3. The molecule has 3 aliphatic rings. The molecule has 0 unspecified atom stereocenters. The number of carboxylic acid groups (broad SMARTS) is 1. The SMILES string of the molecule is CCCCCCCC1(C2CCCCC2)CCC(CCCCC)(C2(C(=O)O)CCCCC2)CC1. The molecule has 1 N–H and O–H groups in total. The maximum atomic E-state index is 12.9. The van der Waals surface area contributed by atoms with E-state index in [9.17, 15) is 9.90 Å². The summed E-state index contributed by atoms with van der Waals surface area (Å²) in [5.74, 6) is 0.474. The van der Waals surface area contributed by atoms with Crippen molar-refractivity contribution in [3.63, 3.8) is 0 Å². The molecule has 3 rings (SSSR count). The van der Waals surface area contributed by atoms with Gasteiger partial charge < -0.3 is 5.11 Å². The first-order valence-corrected chi connectivity index (χ1v) is 15.3. The molecule has 2 nitrogen and oxygen atoms in total. The Balaban J connectivity index is 1.80. The number of unbranched alkanes of at least 4 members (excludes halogenated alkanes) is 6. The monoisotopic (exact) mass is 460 g/mol. The minimum atomic E-state index is -0.441. The Labute approximate surface area is 206 Å². The van der Waals surface area contributed by atoms with Gasteiger partial charge in [-0.2, -0.15) is 0 Å². The highest BCUT2D eigenvalue weighted by Gasteiger charge is 2.59. The Morgan fingerprint density at radius 3 is 1.82 bits per heavy atom. The van der Waals surface area contributed by atoms with Crippen LogP contribution in [0.4, 0.5) is 0 Å². The summed E-state index contributed by atoms with van der Waals surface area (Å²) < 4.78 is 0. The molecule has 0 aliphatic heterocycles. The fourth-order valence-corrected chi connectivity index (χ4v) is 8.69. The van der Waals surface area contributed by atoms with Crippen molar-refractivity contribution in [3.8, 4) is 0 Å². The zero-order chi connectivity index (χ0) is 23.6. The Kier molecular flexibility index (Phi) is 10.6. The molecule has 3 saturated carbocycles. The average molecular weight is 461 g/mol. The van der Waals surface area contributed by atoms with Crippen LogP contribution in [0.3, 0.4) is 0 Å². The van der Waals surface area contributed by atoms with Crippen molar-refractivity contribution < 1.29 is 9.90 Å². The van der Waals surface area contributed by atoms with Gasteiger partial charge >= 0.3 is 5.97 Å². The predicted molar refractivity (Wildman–Crippen MR) is 141 cm³/mol. The minimum absolute atomic E-state index is 0.0643.